The molecule has 0 spiro atoms. The largest absolute Gasteiger partial charge is 0.505 e. The molecule has 1 fully saturated rings. The SMILES string of the molecule is O=CNc1cccc(-c2c(NC3CCCCCCCC3)c(=O)c2=O)c1O. The highest BCUT2D eigenvalue weighted by molar-refractivity contribution is 5.90. The molecule has 0 bridgehead atoms. The molecule has 3 rings (SSSR count). The fraction of sp³-hybridized carbons (Fsp3) is 0.450. The minimum Gasteiger partial charge on any atom is -0.505 e. The molecule has 0 atom stereocenters. The van der Waals surface area contributed by atoms with Crippen LogP contribution in [0.25, 0.3) is 11.1 Å². The van der Waals surface area contributed by atoms with Crippen molar-refractivity contribution in [3.05, 3.63) is 38.6 Å². The summed E-state index contributed by atoms with van der Waals surface area (Å²) in [5.41, 5.74) is -0.159. The predicted molar refractivity (Wildman–Crippen MR) is 102 cm³/mol. The Labute approximate surface area is 151 Å². The van der Waals surface area contributed by atoms with Crippen LogP contribution in [0.4, 0.5) is 11.4 Å². The number of amides is 1. The van der Waals surface area contributed by atoms with Crippen molar-refractivity contribution < 1.29 is 9.90 Å². The maximum Gasteiger partial charge on any atom is 0.250 e. The number of hydrogen-bond acceptors (Lipinski definition) is 5. The molecule has 1 aliphatic rings. The van der Waals surface area contributed by atoms with Gasteiger partial charge in [0.2, 0.25) is 17.3 Å². The Bertz CT molecular complexity index is 842. The lowest BCUT2D eigenvalue weighted by atomic mass is 9.95. The molecule has 0 unspecified atom stereocenters. The zero-order chi connectivity index (χ0) is 18.5. The van der Waals surface area contributed by atoms with E-state index < -0.39 is 10.9 Å². The monoisotopic (exact) mass is 356 g/mol. The molecule has 0 saturated heterocycles. The van der Waals surface area contributed by atoms with E-state index in [1.54, 1.807) is 12.1 Å². The van der Waals surface area contributed by atoms with Crippen molar-refractivity contribution >= 4 is 17.8 Å². The molecule has 0 aliphatic heterocycles. The molecule has 0 aromatic heterocycles. The average molecular weight is 356 g/mol. The number of hydrogen-bond donors (Lipinski definition) is 3. The smallest absolute Gasteiger partial charge is 0.250 e. The van der Waals surface area contributed by atoms with Crippen molar-refractivity contribution in [2.24, 2.45) is 0 Å². The average Bonchev–Trinajstić information content (AvgIpc) is 2.78. The minimum absolute atomic E-state index is 0.161. The number of benzene rings is 1. The molecule has 138 valence electrons. The zero-order valence-corrected chi connectivity index (χ0v) is 14.7. The van der Waals surface area contributed by atoms with Crippen molar-refractivity contribution in [1.29, 1.82) is 0 Å². The fourth-order valence-corrected chi connectivity index (χ4v) is 3.69. The molecule has 1 aliphatic carbocycles. The van der Waals surface area contributed by atoms with E-state index >= 15 is 0 Å². The second kappa shape index (κ2) is 8.17. The van der Waals surface area contributed by atoms with Gasteiger partial charge in [0.25, 0.3) is 0 Å². The molecular weight excluding hydrogens is 332 g/mol. The summed E-state index contributed by atoms with van der Waals surface area (Å²) >= 11 is 0. The summed E-state index contributed by atoms with van der Waals surface area (Å²) in [7, 11) is 0. The first kappa shape index (κ1) is 18.2. The first-order valence-corrected chi connectivity index (χ1v) is 9.26. The van der Waals surface area contributed by atoms with Gasteiger partial charge in [-0.05, 0) is 18.9 Å². The van der Waals surface area contributed by atoms with Crippen LogP contribution in [0, 0.1) is 0 Å². The van der Waals surface area contributed by atoms with Gasteiger partial charge >= 0.3 is 0 Å². The molecule has 2 aromatic carbocycles. The van der Waals surface area contributed by atoms with Crippen LogP contribution in [0.3, 0.4) is 0 Å². The first-order valence-electron chi connectivity index (χ1n) is 9.26. The third-order valence-corrected chi connectivity index (χ3v) is 5.13. The molecule has 0 heterocycles. The molecule has 26 heavy (non-hydrogen) atoms. The summed E-state index contributed by atoms with van der Waals surface area (Å²) in [5.74, 6) is -0.204. The molecular formula is C20H24N2O4. The first-order chi connectivity index (χ1) is 12.6. The van der Waals surface area contributed by atoms with E-state index in [0.717, 1.165) is 25.7 Å². The van der Waals surface area contributed by atoms with Crippen LogP contribution in [0.15, 0.2) is 27.8 Å². The minimum atomic E-state index is -0.603. The number of rotatable bonds is 5. The van der Waals surface area contributed by atoms with Gasteiger partial charge in [0.1, 0.15) is 5.75 Å². The van der Waals surface area contributed by atoms with Gasteiger partial charge in [-0.2, -0.15) is 0 Å². The Morgan fingerprint density at radius 2 is 1.62 bits per heavy atom. The quantitative estimate of drug-likeness (QED) is 0.434. The fourth-order valence-electron chi connectivity index (χ4n) is 3.69. The molecule has 2 aromatic rings. The highest BCUT2D eigenvalue weighted by Gasteiger charge is 2.27. The lowest BCUT2D eigenvalue weighted by molar-refractivity contribution is -0.105. The lowest BCUT2D eigenvalue weighted by Crippen LogP contribution is -2.38. The van der Waals surface area contributed by atoms with Gasteiger partial charge < -0.3 is 15.7 Å². The Hall–Kier alpha value is -2.63. The van der Waals surface area contributed by atoms with Crippen LogP contribution < -0.4 is 21.5 Å². The highest BCUT2D eigenvalue weighted by Crippen LogP contribution is 2.37. The number of phenols is 1. The summed E-state index contributed by atoms with van der Waals surface area (Å²) in [6.07, 6.45) is 9.49. The Morgan fingerprint density at radius 1 is 0.962 bits per heavy atom. The predicted octanol–water partition coefficient (Wildman–Crippen LogP) is 3.14. The summed E-state index contributed by atoms with van der Waals surface area (Å²) in [4.78, 5) is 35.0. The van der Waals surface area contributed by atoms with Gasteiger partial charge in [-0.25, -0.2) is 0 Å². The second-order valence-electron chi connectivity index (χ2n) is 6.91. The number of carbonyl (C=O) groups is 1. The van der Waals surface area contributed by atoms with Gasteiger partial charge in [-0.15, -0.1) is 0 Å². The summed E-state index contributed by atoms with van der Waals surface area (Å²) < 4.78 is 0. The number of carbonyl (C=O) groups excluding carboxylic acids is 1. The van der Waals surface area contributed by atoms with Crippen LogP contribution in [-0.2, 0) is 4.79 Å². The van der Waals surface area contributed by atoms with Crippen molar-refractivity contribution in [1.82, 2.24) is 0 Å². The molecule has 1 saturated carbocycles. The standard InChI is InChI=1S/C20H24N2O4/c23-12-21-15-11-7-10-14(18(15)24)16-17(20(26)19(16)25)22-13-8-5-3-1-2-4-6-9-13/h7,10-13,22,24H,1-6,8-9H2,(H,21,23). The van der Waals surface area contributed by atoms with Gasteiger partial charge in [0.05, 0.1) is 16.9 Å². The molecule has 0 radical (unpaired) electrons. The number of para-hydroxylation sites is 1. The number of aromatic hydroxyl groups is 1. The summed E-state index contributed by atoms with van der Waals surface area (Å²) in [6.45, 7) is 0. The van der Waals surface area contributed by atoms with E-state index in [1.807, 2.05) is 0 Å². The molecule has 1 amide bonds. The normalized spacial score (nSPS) is 16.5. The van der Waals surface area contributed by atoms with Crippen molar-refractivity contribution in [3.63, 3.8) is 0 Å². The molecule has 6 heteroatoms. The number of nitrogens with one attached hydrogen (secondary N) is 2. The van der Waals surface area contributed by atoms with Crippen LogP contribution in [0.5, 0.6) is 5.75 Å². The van der Waals surface area contributed by atoms with E-state index in [9.17, 15) is 19.5 Å². The van der Waals surface area contributed by atoms with Gasteiger partial charge in [0, 0.05) is 11.6 Å². The Morgan fingerprint density at radius 3 is 2.27 bits per heavy atom. The second-order valence-corrected chi connectivity index (χ2v) is 6.91. The summed E-state index contributed by atoms with van der Waals surface area (Å²) in [5, 5.41) is 16.0. The van der Waals surface area contributed by atoms with E-state index in [0.29, 0.717) is 6.41 Å². The third-order valence-electron chi connectivity index (χ3n) is 5.13. The highest BCUT2D eigenvalue weighted by atomic mass is 16.3. The van der Waals surface area contributed by atoms with E-state index in [1.165, 1.54) is 31.7 Å². The van der Waals surface area contributed by atoms with Crippen molar-refractivity contribution in [3.8, 4) is 16.9 Å². The van der Waals surface area contributed by atoms with E-state index in [-0.39, 0.29) is 34.3 Å². The maximum absolute atomic E-state index is 12.2. The van der Waals surface area contributed by atoms with Crippen molar-refractivity contribution in [2.45, 2.75) is 57.4 Å². The molecule has 3 N–H and O–H groups in total. The van der Waals surface area contributed by atoms with E-state index in [4.69, 9.17) is 0 Å². The van der Waals surface area contributed by atoms with Crippen LogP contribution in [0.1, 0.15) is 51.4 Å². The van der Waals surface area contributed by atoms with Crippen LogP contribution in [-0.4, -0.2) is 17.6 Å². The number of phenolic OH excluding ortho intramolecular Hbond substituents is 1. The topological polar surface area (TPSA) is 95.5 Å². The van der Waals surface area contributed by atoms with Crippen molar-refractivity contribution in [2.75, 3.05) is 10.6 Å². The lowest BCUT2D eigenvalue weighted by Gasteiger charge is -2.22. The third kappa shape index (κ3) is 3.64. The van der Waals surface area contributed by atoms with Gasteiger partial charge in [-0.1, -0.05) is 50.7 Å². The summed E-state index contributed by atoms with van der Waals surface area (Å²) in [6, 6.07) is 4.90. The van der Waals surface area contributed by atoms with Gasteiger partial charge in [0.15, 0.2) is 0 Å². The maximum atomic E-state index is 12.2. The molecule has 6 nitrogen and oxygen atoms in total. The van der Waals surface area contributed by atoms with E-state index in [2.05, 4.69) is 10.6 Å². The zero-order valence-electron chi connectivity index (χ0n) is 14.7. The van der Waals surface area contributed by atoms with Gasteiger partial charge in [-0.3, -0.25) is 14.4 Å². The number of anilines is 2. The van der Waals surface area contributed by atoms with Crippen LogP contribution in [0.2, 0.25) is 0 Å². The Kier molecular flexibility index (Phi) is 5.71. The van der Waals surface area contributed by atoms with Crippen LogP contribution >= 0.6 is 0 Å². The Balaban J connectivity index is 1.88.